The van der Waals surface area contributed by atoms with Crippen LogP contribution in [0.2, 0.25) is 0 Å². The highest BCUT2D eigenvalue weighted by molar-refractivity contribution is 6.27. The monoisotopic (exact) mass is 246 g/mol. The summed E-state index contributed by atoms with van der Waals surface area (Å²) < 4.78 is 0. The van der Waals surface area contributed by atoms with Gasteiger partial charge in [-0.25, -0.2) is 0 Å². The summed E-state index contributed by atoms with van der Waals surface area (Å²) in [6.45, 7) is 6.55. The third-order valence-corrected chi connectivity index (χ3v) is 2.91. The molecule has 0 spiro atoms. The number of hydrogen-bond donors (Lipinski definition) is 0. The molecule has 16 heavy (non-hydrogen) atoms. The molecule has 0 saturated carbocycles. The smallest absolute Gasteiger partial charge is 0.237 e. The normalized spacial score (nSPS) is 16.8. The molecule has 0 aromatic carbocycles. The van der Waals surface area contributed by atoms with Crippen LogP contribution in [0, 0.1) is 5.92 Å². The van der Waals surface area contributed by atoms with Gasteiger partial charge in [0, 0.05) is 32.6 Å². The molecule has 1 heterocycles. The Kier molecular flexibility index (Phi) is 5.06. The van der Waals surface area contributed by atoms with E-state index in [0.29, 0.717) is 38.5 Å². The molecule has 0 unspecified atom stereocenters. The van der Waals surface area contributed by atoms with Crippen molar-refractivity contribution in [2.24, 2.45) is 5.92 Å². The van der Waals surface area contributed by atoms with Crippen LogP contribution in [0.5, 0.6) is 0 Å². The first-order valence-corrected chi connectivity index (χ1v) is 6.19. The molecule has 1 aliphatic rings. The number of rotatable bonds is 3. The molecule has 1 saturated heterocycles. The molecule has 1 rings (SSSR count). The van der Waals surface area contributed by atoms with Gasteiger partial charge in [0.25, 0.3) is 0 Å². The Morgan fingerprint density at radius 3 is 1.88 bits per heavy atom. The van der Waals surface area contributed by atoms with Crippen LogP contribution < -0.4 is 0 Å². The molecule has 0 atom stereocenters. The van der Waals surface area contributed by atoms with Crippen LogP contribution in [-0.4, -0.2) is 53.7 Å². The number of alkyl halides is 1. The second kappa shape index (κ2) is 6.09. The lowest BCUT2D eigenvalue weighted by Gasteiger charge is -2.34. The lowest BCUT2D eigenvalue weighted by Crippen LogP contribution is -2.51. The molecule has 5 heteroatoms. The zero-order valence-corrected chi connectivity index (χ0v) is 10.7. The number of carbonyl (C=O) groups excluding carboxylic acids is 2. The quantitative estimate of drug-likeness (QED) is 0.696. The van der Waals surface area contributed by atoms with E-state index in [9.17, 15) is 9.59 Å². The topological polar surface area (TPSA) is 40.6 Å². The van der Waals surface area contributed by atoms with Crippen molar-refractivity contribution >= 4 is 23.4 Å². The van der Waals surface area contributed by atoms with E-state index in [0.717, 1.165) is 0 Å². The minimum atomic E-state index is -0.0439. The molecule has 0 aromatic heterocycles. The SMILES string of the molecule is CC(C)CC(=O)N1CCN(C(=O)CCl)CC1. The Hall–Kier alpha value is -0.770. The molecule has 0 aliphatic carbocycles. The summed E-state index contributed by atoms with van der Waals surface area (Å²) in [5.74, 6) is 0.556. The van der Waals surface area contributed by atoms with E-state index >= 15 is 0 Å². The van der Waals surface area contributed by atoms with Crippen LogP contribution >= 0.6 is 11.6 Å². The van der Waals surface area contributed by atoms with Crippen molar-refractivity contribution in [2.45, 2.75) is 20.3 Å². The number of carbonyl (C=O) groups is 2. The summed E-state index contributed by atoms with van der Waals surface area (Å²) in [7, 11) is 0. The number of halogens is 1. The number of hydrogen-bond acceptors (Lipinski definition) is 2. The van der Waals surface area contributed by atoms with E-state index in [1.54, 1.807) is 4.90 Å². The molecule has 92 valence electrons. The third kappa shape index (κ3) is 3.67. The van der Waals surface area contributed by atoms with Gasteiger partial charge in [0.05, 0.1) is 0 Å². The van der Waals surface area contributed by atoms with E-state index in [-0.39, 0.29) is 17.7 Å². The van der Waals surface area contributed by atoms with Gasteiger partial charge in [-0.2, -0.15) is 0 Å². The van der Waals surface area contributed by atoms with E-state index in [1.165, 1.54) is 0 Å². The van der Waals surface area contributed by atoms with Crippen LogP contribution in [0.3, 0.4) is 0 Å². The summed E-state index contributed by atoms with van der Waals surface area (Å²) in [5, 5.41) is 0. The lowest BCUT2D eigenvalue weighted by atomic mass is 10.1. The first kappa shape index (κ1) is 13.3. The first-order chi connectivity index (χ1) is 7.54. The van der Waals surface area contributed by atoms with Gasteiger partial charge < -0.3 is 9.80 Å². The fourth-order valence-electron chi connectivity index (χ4n) is 1.77. The van der Waals surface area contributed by atoms with Crippen molar-refractivity contribution in [1.82, 2.24) is 9.80 Å². The molecule has 0 aromatic rings. The summed E-state index contributed by atoms with van der Waals surface area (Å²) in [6.07, 6.45) is 0.587. The molecular weight excluding hydrogens is 228 g/mol. The minimum absolute atomic E-state index is 0.0277. The van der Waals surface area contributed by atoms with Crippen molar-refractivity contribution in [2.75, 3.05) is 32.1 Å². The zero-order chi connectivity index (χ0) is 12.1. The third-order valence-electron chi connectivity index (χ3n) is 2.68. The van der Waals surface area contributed by atoms with Gasteiger partial charge >= 0.3 is 0 Å². The standard InChI is InChI=1S/C11H19ClN2O2/c1-9(2)7-10(15)13-3-5-14(6-4-13)11(16)8-12/h9H,3-8H2,1-2H3. The average Bonchev–Trinajstić information content (AvgIpc) is 2.27. The number of nitrogens with zero attached hydrogens (tertiary/aromatic N) is 2. The maximum absolute atomic E-state index is 11.8. The van der Waals surface area contributed by atoms with Gasteiger partial charge in [0.15, 0.2) is 0 Å². The van der Waals surface area contributed by atoms with Crippen molar-refractivity contribution in [1.29, 1.82) is 0 Å². The summed E-state index contributed by atoms with van der Waals surface area (Å²) in [6, 6.07) is 0. The van der Waals surface area contributed by atoms with E-state index in [4.69, 9.17) is 11.6 Å². The van der Waals surface area contributed by atoms with E-state index < -0.39 is 0 Å². The molecule has 1 fully saturated rings. The van der Waals surface area contributed by atoms with Crippen LogP contribution in [0.25, 0.3) is 0 Å². The Morgan fingerprint density at radius 1 is 1.06 bits per heavy atom. The summed E-state index contributed by atoms with van der Waals surface area (Å²) >= 11 is 5.48. The van der Waals surface area contributed by atoms with Gasteiger partial charge in [-0.3, -0.25) is 9.59 Å². The molecule has 4 nitrogen and oxygen atoms in total. The van der Waals surface area contributed by atoms with Crippen molar-refractivity contribution in [3.63, 3.8) is 0 Å². The molecule has 0 radical (unpaired) electrons. The van der Waals surface area contributed by atoms with Gasteiger partial charge in [0.2, 0.25) is 11.8 Å². The van der Waals surface area contributed by atoms with E-state index in [1.807, 2.05) is 18.7 Å². The lowest BCUT2D eigenvalue weighted by molar-refractivity contribution is -0.138. The van der Waals surface area contributed by atoms with Crippen LogP contribution in [-0.2, 0) is 9.59 Å². The highest BCUT2D eigenvalue weighted by Crippen LogP contribution is 2.08. The second-order valence-electron chi connectivity index (χ2n) is 4.49. The van der Waals surface area contributed by atoms with Crippen molar-refractivity contribution in [3.05, 3.63) is 0 Å². The number of piperazine rings is 1. The first-order valence-electron chi connectivity index (χ1n) is 5.66. The fourth-order valence-corrected chi connectivity index (χ4v) is 1.94. The van der Waals surface area contributed by atoms with Gasteiger partial charge in [0.1, 0.15) is 5.88 Å². The highest BCUT2D eigenvalue weighted by atomic mass is 35.5. The second-order valence-corrected chi connectivity index (χ2v) is 4.76. The molecule has 0 N–H and O–H groups in total. The molecule has 2 amide bonds. The van der Waals surface area contributed by atoms with Gasteiger partial charge in [-0.15, -0.1) is 11.6 Å². The zero-order valence-electron chi connectivity index (χ0n) is 9.91. The molecule has 1 aliphatic heterocycles. The largest absolute Gasteiger partial charge is 0.339 e. The Labute approximate surface area is 102 Å². The molecule has 0 bridgehead atoms. The van der Waals surface area contributed by atoms with Gasteiger partial charge in [-0.05, 0) is 5.92 Å². The van der Waals surface area contributed by atoms with Crippen molar-refractivity contribution in [3.8, 4) is 0 Å². The van der Waals surface area contributed by atoms with Gasteiger partial charge in [-0.1, -0.05) is 13.8 Å². The van der Waals surface area contributed by atoms with Crippen LogP contribution in [0.15, 0.2) is 0 Å². The fraction of sp³-hybridized carbons (Fsp3) is 0.818. The average molecular weight is 247 g/mol. The highest BCUT2D eigenvalue weighted by Gasteiger charge is 2.23. The maximum Gasteiger partial charge on any atom is 0.237 e. The van der Waals surface area contributed by atoms with Crippen LogP contribution in [0.1, 0.15) is 20.3 Å². The Balaban J connectivity index is 2.37. The van der Waals surface area contributed by atoms with E-state index in [2.05, 4.69) is 0 Å². The minimum Gasteiger partial charge on any atom is -0.339 e. The predicted octanol–water partition coefficient (Wildman–Crippen LogP) is 0.942. The summed E-state index contributed by atoms with van der Waals surface area (Å²) in [4.78, 5) is 26.6. The Bertz CT molecular complexity index is 261. The predicted molar refractivity (Wildman–Crippen MR) is 63.3 cm³/mol. The molecular formula is C11H19ClN2O2. The maximum atomic E-state index is 11.8. The Morgan fingerprint density at radius 2 is 1.50 bits per heavy atom. The summed E-state index contributed by atoms with van der Waals surface area (Å²) in [5.41, 5.74) is 0. The number of amides is 2. The van der Waals surface area contributed by atoms with Crippen molar-refractivity contribution < 1.29 is 9.59 Å². The van der Waals surface area contributed by atoms with Crippen LogP contribution in [0.4, 0.5) is 0 Å².